The largest absolute Gasteiger partial charge is 0.508 e. The zero-order valence-corrected chi connectivity index (χ0v) is 16.8. The molecule has 0 spiro atoms. The molecule has 0 saturated carbocycles. The molecule has 0 fully saturated rings. The molecule has 1 aromatic heterocycles. The summed E-state index contributed by atoms with van der Waals surface area (Å²) in [5, 5.41) is 21.3. The number of phenols is 1. The van der Waals surface area contributed by atoms with Gasteiger partial charge in [-0.25, -0.2) is 8.78 Å². The molecule has 8 heteroatoms. The maximum absolute atomic E-state index is 14.7. The molecule has 1 unspecified atom stereocenters. The number of hydrogen-bond acceptors (Lipinski definition) is 5. The number of aromatic hydroxyl groups is 1. The number of para-hydroxylation sites is 1. The Bertz CT molecular complexity index is 1440. The molecule has 0 aliphatic carbocycles. The molecule has 1 atom stereocenters. The quantitative estimate of drug-likeness (QED) is 0.420. The second-order valence-corrected chi connectivity index (χ2v) is 7.51. The van der Waals surface area contributed by atoms with Crippen molar-refractivity contribution in [3.63, 3.8) is 0 Å². The Kier molecular flexibility index (Phi) is 4.70. The van der Waals surface area contributed by atoms with E-state index in [1.54, 1.807) is 24.3 Å². The number of phenolic OH excluding ortho intramolecular Hbond substituents is 1. The SMILES string of the molecule is O=C(C1=C(O)C(=O)N(c2cc(F)ccc2F)C1c1cccc(O)c1)c1cc2ccccc2o1. The van der Waals surface area contributed by atoms with Crippen molar-refractivity contribution in [3.05, 3.63) is 107 Å². The van der Waals surface area contributed by atoms with Gasteiger partial charge in [0.2, 0.25) is 5.78 Å². The molecule has 0 saturated heterocycles. The van der Waals surface area contributed by atoms with Crippen LogP contribution in [-0.4, -0.2) is 21.9 Å². The molecule has 1 amide bonds. The fraction of sp³-hybridized carbons (Fsp3) is 0.0400. The standard InChI is InChI=1S/C25H15F2NO5/c26-15-8-9-17(27)18(12-15)28-22(14-5-3-6-16(29)10-14)21(24(31)25(28)32)23(30)20-11-13-4-1-2-7-19(13)33-20/h1-12,22,29,31H. The number of halogens is 2. The number of nitrogens with zero attached hydrogens (tertiary/aromatic N) is 1. The first-order valence-corrected chi connectivity index (χ1v) is 9.89. The lowest BCUT2D eigenvalue weighted by molar-refractivity contribution is -0.117. The maximum Gasteiger partial charge on any atom is 0.294 e. The number of fused-ring (bicyclic) bond motifs is 1. The molecule has 4 aromatic rings. The van der Waals surface area contributed by atoms with Crippen molar-refractivity contribution in [2.45, 2.75) is 6.04 Å². The molecule has 6 nitrogen and oxygen atoms in total. The van der Waals surface area contributed by atoms with E-state index in [4.69, 9.17) is 4.42 Å². The summed E-state index contributed by atoms with van der Waals surface area (Å²) in [6.07, 6.45) is 0. The van der Waals surface area contributed by atoms with Crippen LogP contribution in [0.5, 0.6) is 5.75 Å². The van der Waals surface area contributed by atoms with E-state index in [0.717, 1.165) is 23.1 Å². The van der Waals surface area contributed by atoms with Gasteiger partial charge in [0.15, 0.2) is 11.5 Å². The monoisotopic (exact) mass is 447 g/mol. The number of anilines is 1. The molecule has 1 aliphatic heterocycles. The molecule has 2 N–H and O–H groups in total. The van der Waals surface area contributed by atoms with Gasteiger partial charge in [0.1, 0.15) is 23.0 Å². The predicted molar refractivity (Wildman–Crippen MR) is 115 cm³/mol. The number of ketones is 1. The highest BCUT2D eigenvalue weighted by Crippen LogP contribution is 2.43. The third-order valence-corrected chi connectivity index (χ3v) is 5.46. The van der Waals surface area contributed by atoms with Crippen molar-refractivity contribution < 1.29 is 33.0 Å². The third-order valence-electron chi connectivity index (χ3n) is 5.46. The lowest BCUT2D eigenvalue weighted by atomic mass is 9.94. The number of Topliss-reactive ketones (excluding diaryl/α,β-unsaturated/α-hetero) is 1. The fourth-order valence-electron chi connectivity index (χ4n) is 3.99. The summed E-state index contributed by atoms with van der Waals surface area (Å²) in [6.45, 7) is 0. The van der Waals surface area contributed by atoms with Crippen molar-refractivity contribution in [3.8, 4) is 5.75 Å². The summed E-state index contributed by atoms with van der Waals surface area (Å²) in [7, 11) is 0. The van der Waals surface area contributed by atoms with Crippen LogP contribution in [0.15, 0.2) is 88.5 Å². The minimum atomic E-state index is -1.35. The molecule has 0 bridgehead atoms. The van der Waals surface area contributed by atoms with E-state index >= 15 is 0 Å². The first-order chi connectivity index (χ1) is 15.8. The van der Waals surface area contributed by atoms with Crippen LogP contribution < -0.4 is 4.90 Å². The van der Waals surface area contributed by atoms with E-state index < -0.39 is 40.8 Å². The van der Waals surface area contributed by atoms with Gasteiger partial charge in [-0.05, 0) is 42.0 Å². The smallest absolute Gasteiger partial charge is 0.294 e. The summed E-state index contributed by atoms with van der Waals surface area (Å²) in [5.74, 6) is -4.88. The van der Waals surface area contributed by atoms with Crippen molar-refractivity contribution in [1.29, 1.82) is 0 Å². The van der Waals surface area contributed by atoms with Gasteiger partial charge in [0.25, 0.3) is 5.91 Å². The van der Waals surface area contributed by atoms with Crippen molar-refractivity contribution in [2.24, 2.45) is 0 Å². The zero-order valence-electron chi connectivity index (χ0n) is 16.8. The number of carbonyl (C=O) groups excluding carboxylic acids is 2. The van der Waals surface area contributed by atoms with Gasteiger partial charge in [-0.15, -0.1) is 0 Å². The number of hydrogen-bond donors (Lipinski definition) is 2. The summed E-state index contributed by atoms with van der Waals surface area (Å²) < 4.78 is 34.2. The summed E-state index contributed by atoms with van der Waals surface area (Å²) in [6, 6.07) is 15.1. The maximum atomic E-state index is 14.7. The van der Waals surface area contributed by atoms with Gasteiger partial charge in [-0.3, -0.25) is 14.5 Å². The Labute approximate surface area is 185 Å². The van der Waals surface area contributed by atoms with E-state index in [0.29, 0.717) is 11.0 Å². The van der Waals surface area contributed by atoms with Crippen LogP contribution in [0.25, 0.3) is 11.0 Å². The molecule has 2 heterocycles. The zero-order chi connectivity index (χ0) is 23.3. The molecule has 5 rings (SSSR count). The lowest BCUT2D eigenvalue weighted by Crippen LogP contribution is -2.32. The van der Waals surface area contributed by atoms with Crippen LogP contribution in [0.3, 0.4) is 0 Å². The minimum absolute atomic E-state index is 0.141. The Balaban J connectivity index is 1.70. The number of carbonyl (C=O) groups is 2. The Morgan fingerprint density at radius 2 is 1.73 bits per heavy atom. The molecular formula is C25H15F2NO5. The highest BCUT2D eigenvalue weighted by atomic mass is 19.1. The highest BCUT2D eigenvalue weighted by molar-refractivity contribution is 6.20. The first kappa shape index (κ1) is 20.4. The van der Waals surface area contributed by atoms with Crippen LogP contribution in [0, 0.1) is 11.6 Å². The second-order valence-electron chi connectivity index (χ2n) is 7.51. The molecular weight excluding hydrogens is 432 g/mol. The van der Waals surface area contributed by atoms with Crippen LogP contribution >= 0.6 is 0 Å². The first-order valence-electron chi connectivity index (χ1n) is 9.89. The number of aliphatic hydroxyl groups is 1. The topological polar surface area (TPSA) is 91.0 Å². The average Bonchev–Trinajstić information content (AvgIpc) is 3.34. The van der Waals surface area contributed by atoms with Crippen LogP contribution in [-0.2, 0) is 4.79 Å². The van der Waals surface area contributed by atoms with Crippen LogP contribution in [0.2, 0.25) is 0 Å². The number of benzene rings is 3. The number of rotatable bonds is 4. The summed E-state index contributed by atoms with van der Waals surface area (Å²) in [5.41, 5.74) is -0.219. The highest BCUT2D eigenvalue weighted by Gasteiger charge is 2.46. The minimum Gasteiger partial charge on any atom is -0.508 e. The van der Waals surface area contributed by atoms with Crippen molar-refractivity contribution in [1.82, 2.24) is 0 Å². The average molecular weight is 447 g/mol. The normalized spacial score (nSPS) is 16.1. The van der Waals surface area contributed by atoms with Crippen molar-refractivity contribution >= 4 is 28.3 Å². The van der Waals surface area contributed by atoms with E-state index in [1.807, 2.05) is 0 Å². The van der Waals surface area contributed by atoms with E-state index in [2.05, 4.69) is 0 Å². The van der Waals surface area contributed by atoms with Gasteiger partial charge in [-0.1, -0.05) is 30.3 Å². The number of furan rings is 1. The van der Waals surface area contributed by atoms with Crippen molar-refractivity contribution in [2.75, 3.05) is 4.90 Å². The summed E-state index contributed by atoms with van der Waals surface area (Å²) in [4.78, 5) is 27.3. The van der Waals surface area contributed by atoms with E-state index in [1.165, 1.54) is 30.3 Å². The van der Waals surface area contributed by atoms with Gasteiger partial charge in [0, 0.05) is 11.5 Å². The molecule has 164 valence electrons. The Hall–Kier alpha value is -4.46. The molecule has 3 aromatic carbocycles. The predicted octanol–water partition coefficient (Wildman–Crippen LogP) is 5.20. The van der Waals surface area contributed by atoms with Crippen LogP contribution in [0.1, 0.15) is 22.2 Å². The Morgan fingerprint density at radius 3 is 2.48 bits per heavy atom. The Morgan fingerprint density at radius 1 is 0.939 bits per heavy atom. The van der Waals surface area contributed by atoms with E-state index in [-0.39, 0.29) is 22.6 Å². The van der Waals surface area contributed by atoms with E-state index in [9.17, 15) is 28.6 Å². The number of aliphatic hydroxyl groups excluding tert-OH is 1. The second kappa shape index (κ2) is 7.59. The molecule has 33 heavy (non-hydrogen) atoms. The van der Waals surface area contributed by atoms with Gasteiger partial charge in [-0.2, -0.15) is 0 Å². The van der Waals surface area contributed by atoms with Gasteiger partial charge < -0.3 is 14.6 Å². The molecule has 0 radical (unpaired) electrons. The summed E-state index contributed by atoms with van der Waals surface area (Å²) >= 11 is 0. The van der Waals surface area contributed by atoms with Gasteiger partial charge >= 0.3 is 0 Å². The van der Waals surface area contributed by atoms with Crippen LogP contribution in [0.4, 0.5) is 14.5 Å². The molecule has 1 aliphatic rings. The lowest BCUT2D eigenvalue weighted by Gasteiger charge is -2.27. The fourth-order valence-corrected chi connectivity index (χ4v) is 3.99. The van der Waals surface area contributed by atoms with Gasteiger partial charge in [0.05, 0.1) is 17.3 Å². The number of amides is 1. The third kappa shape index (κ3) is 3.32.